The maximum absolute atomic E-state index is 12.7. The highest BCUT2D eigenvalue weighted by atomic mass is 19.2. The molecule has 0 aliphatic carbocycles. The average molecular weight is 184 g/mol. The summed E-state index contributed by atoms with van der Waals surface area (Å²) in [7, 11) is 0. The maximum atomic E-state index is 12.7. The number of fused-ring (bicyclic) bond motifs is 1. The number of nitrogens with one attached hydrogen (secondary N) is 2. The van der Waals surface area contributed by atoms with Crippen LogP contribution in [0.5, 0.6) is 0 Å². The number of rotatable bonds is 0. The van der Waals surface area contributed by atoms with Gasteiger partial charge >= 0.3 is 6.03 Å². The normalized spacial score (nSPS) is 14.5. The van der Waals surface area contributed by atoms with Gasteiger partial charge in [0.25, 0.3) is 0 Å². The van der Waals surface area contributed by atoms with Crippen LogP contribution in [0.1, 0.15) is 5.56 Å². The van der Waals surface area contributed by atoms with Gasteiger partial charge in [-0.3, -0.25) is 0 Å². The van der Waals surface area contributed by atoms with Crippen LogP contribution < -0.4 is 10.6 Å². The van der Waals surface area contributed by atoms with Crippen LogP contribution in [-0.2, 0) is 6.54 Å². The highest BCUT2D eigenvalue weighted by Crippen LogP contribution is 2.21. The van der Waals surface area contributed by atoms with Crippen LogP contribution in [0.2, 0.25) is 0 Å². The van der Waals surface area contributed by atoms with Gasteiger partial charge in [0.2, 0.25) is 0 Å². The van der Waals surface area contributed by atoms with E-state index < -0.39 is 17.7 Å². The number of amides is 2. The molecule has 1 aliphatic heterocycles. The molecule has 68 valence electrons. The minimum absolute atomic E-state index is 0.221. The fraction of sp³-hybridized carbons (Fsp3) is 0.125. The van der Waals surface area contributed by atoms with Crippen molar-refractivity contribution in [3.8, 4) is 0 Å². The summed E-state index contributed by atoms with van der Waals surface area (Å²) in [6.45, 7) is 0.221. The van der Waals surface area contributed by atoms with E-state index in [0.29, 0.717) is 11.3 Å². The Morgan fingerprint density at radius 2 is 1.92 bits per heavy atom. The summed E-state index contributed by atoms with van der Waals surface area (Å²) in [4.78, 5) is 10.8. The van der Waals surface area contributed by atoms with Gasteiger partial charge in [0.05, 0.1) is 5.69 Å². The van der Waals surface area contributed by atoms with E-state index in [1.165, 1.54) is 0 Å². The molecule has 2 amide bonds. The Kier molecular flexibility index (Phi) is 1.65. The molecule has 2 rings (SSSR count). The third-order valence-corrected chi connectivity index (χ3v) is 1.83. The summed E-state index contributed by atoms with van der Waals surface area (Å²) in [6.07, 6.45) is 0. The summed E-state index contributed by atoms with van der Waals surface area (Å²) in [6, 6.07) is 1.64. The number of benzene rings is 1. The minimum atomic E-state index is -0.957. The van der Waals surface area contributed by atoms with Gasteiger partial charge in [0.15, 0.2) is 11.6 Å². The lowest BCUT2D eigenvalue weighted by Crippen LogP contribution is -2.33. The van der Waals surface area contributed by atoms with Crippen LogP contribution in [-0.4, -0.2) is 6.03 Å². The van der Waals surface area contributed by atoms with E-state index in [2.05, 4.69) is 10.6 Å². The number of halogens is 2. The predicted octanol–water partition coefficient (Wildman–Crippen LogP) is 1.60. The molecule has 0 spiro atoms. The third-order valence-electron chi connectivity index (χ3n) is 1.83. The van der Waals surface area contributed by atoms with E-state index in [-0.39, 0.29) is 6.54 Å². The lowest BCUT2D eigenvalue weighted by Gasteiger charge is -2.17. The topological polar surface area (TPSA) is 41.1 Å². The van der Waals surface area contributed by atoms with E-state index in [9.17, 15) is 13.6 Å². The van der Waals surface area contributed by atoms with Crippen LogP contribution in [0.4, 0.5) is 19.3 Å². The first-order chi connectivity index (χ1) is 6.16. The Hall–Kier alpha value is -1.65. The van der Waals surface area contributed by atoms with Gasteiger partial charge in [0, 0.05) is 12.6 Å². The van der Waals surface area contributed by atoms with Gasteiger partial charge in [-0.1, -0.05) is 0 Å². The lowest BCUT2D eigenvalue weighted by atomic mass is 10.1. The van der Waals surface area contributed by atoms with Crippen LogP contribution in [0.25, 0.3) is 0 Å². The molecule has 1 heterocycles. The largest absolute Gasteiger partial charge is 0.334 e. The van der Waals surface area contributed by atoms with Gasteiger partial charge in [-0.05, 0) is 11.6 Å². The molecule has 1 aliphatic rings. The Labute approximate surface area is 72.7 Å². The zero-order chi connectivity index (χ0) is 9.42. The third kappa shape index (κ3) is 1.32. The van der Waals surface area contributed by atoms with Crippen molar-refractivity contribution in [2.24, 2.45) is 0 Å². The number of carbonyl (C=O) groups excluding carboxylic acids is 1. The van der Waals surface area contributed by atoms with Crippen LogP contribution >= 0.6 is 0 Å². The van der Waals surface area contributed by atoms with E-state index in [0.717, 1.165) is 12.1 Å². The number of anilines is 1. The van der Waals surface area contributed by atoms with Crippen molar-refractivity contribution >= 4 is 11.7 Å². The standard InChI is InChI=1S/C8H6F2N2O/c9-5-1-4-3-11-8(13)12-7(4)2-6(5)10/h1-2H,3H2,(H2,11,12,13). The van der Waals surface area contributed by atoms with Gasteiger partial charge in [-0.15, -0.1) is 0 Å². The molecule has 0 saturated carbocycles. The summed E-state index contributed by atoms with van der Waals surface area (Å²) >= 11 is 0. The van der Waals surface area contributed by atoms with Crippen molar-refractivity contribution in [2.75, 3.05) is 5.32 Å². The van der Waals surface area contributed by atoms with E-state index in [1.54, 1.807) is 0 Å². The second-order valence-corrected chi connectivity index (χ2v) is 2.73. The quantitative estimate of drug-likeness (QED) is 0.631. The molecule has 0 fully saturated rings. The van der Waals surface area contributed by atoms with Crippen molar-refractivity contribution < 1.29 is 13.6 Å². The average Bonchev–Trinajstić information content (AvgIpc) is 2.08. The number of hydrogen-bond acceptors (Lipinski definition) is 1. The van der Waals surface area contributed by atoms with E-state index in [4.69, 9.17) is 0 Å². The Morgan fingerprint density at radius 1 is 1.23 bits per heavy atom. The fourth-order valence-electron chi connectivity index (χ4n) is 1.19. The SMILES string of the molecule is O=C1NCc2cc(F)c(F)cc2N1. The van der Waals surface area contributed by atoms with Crippen molar-refractivity contribution in [3.63, 3.8) is 0 Å². The molecule has 13 heavy (non-hydrogen) atoms. The molecule has 0 bridgehead atoms. The number of hydrogen-bond donors (Lipinski definition) is 2. The van der Waals surface area contributed by atoms with Crippen molar-refractivity contribution in [1.82, 2.24) is 5.32 Å². The molecule has 0 aromatic heterocycles. The number of carbonyl (C=O) groups is 1. The molecule has 0 saturated heterocycles. The Bertz CT molecular complexity index is 379. The van der Waals surface area contributed by atoms with Crippen LogP contribution in [0.15, 0.2) is 12.1 Å². The molecule has 5 heteroatoms. The molecular weight excluding hydrogens is 178 g/mol. The molecule has 0 atom stereocenters. The Morgan fingerprint density at radius 3 is 2.69 bits per heavy atom. The lowest BCUT2D eigenvalue weighted by molar-refractivity contribution is 0.251. The second-order valence-electron chi connectivity index (χ2n) is 2.73. The first-order valence-corrected chi connectivity index (χ1v) is 3.69. The summed E-state index contributed by atoms with van der Waals surface area (Å²) in [5.74, 6) is -1.86. The highest BCUT2D eigenvalue weighted by Gasteiger charge is 2.16. The molecule has 1 aromatic carbocycles. The van der Waals surface area contributed by atoms with E-state index >= 15 is 0 Å². The minimum Gasteiger partial charge on any atom is -0.334 e. The van der Waals surface area contributed by atoms with Gasteiger partial charge in [-0.25, -0.2) is 13.6 Å². The Balaban J connectivity index is 2.49. The second kappa shape index (κ2) is 2.69. The zero-order valence-corrected chi connectivity index (χ0v) is 6.53. The molecule has 3 nitrogen and oxygen atoms in total. The van der Waals surface area contributed by atoms with Crippen molar-refractivity contribution in [1.29, 1.82) is 0 Å². The predicted molar refractivity (Wildman–Crippen MR) is 42.2 cm³/mol. The summed E-state index contributed by atoms with van der Waals surface area (Å²) in [5, 5.41) is 4.82. The fourth-order valence-corrected chi connectivity index (χ4v) is 1.19. The zero-order valence-electron chi connectivity index (χ0n) is 6.53. The van der Waals surface area contributed by atoms with Crippen LogP contribution in [0, 0.1) is 11.6 Å². The molecule has 0 radical (unpaired) electrons. The maximum Gasteiger partial charge on any atom is 0.319 e. The van der Waals surface area contributed by atoms with Crippen LogP contribution in [0.3, 0.4) is 0 Å². The smallest absolute Gasteiger partial charge is 0.319 e. The van der Waals surface area contributed by atoms with Gasteiger partial charge < -0.3 is 10.6 Å². The van der Waals surface area contributed by atoms with Crippen molar-refractivity contribution in [2.45, 2.75) is 6.54 Å². The molecular formula is C8H6F2N2O. The van der Waals surface area contributed by atoms with Gasteiger partial charge in [0.1, 0.15) is 0 Å². The van der Waals surface area contributed by atoms with E-state index in [1.807, 2.05) is 0 Å². The molecule has 1 aromatic rings. The summed E-state index contributed by atoms with van der Waals surface area (Å²) in [5.41, 5.74) is 0.862. The summed E-state index contributed by atoms with van der Waals surface area (Å²) < 4.78 is 25.4. The van der Waals surface area contributed by atoms with Crippen molar-refractivity contribution in [3.05, 3.63) is 29.3 Å². The first-order valence-electron chi connectivity index (χ1n) is 3.69. The molecule has 2 N–H and O–H groups in total. The highest BCUT2D eigenvalue weighted by molar-refractivity contribution is 5.92. The molecule has 0 unspecified atom stereocenters. The van der Waals surface area contributed by atoms with Gasteiger partial charge in [-0.2, -0.15) is 0 Å². The first kappa shape index (κ1) is 7.97. The monoisotopic (exact) mass is 184 g/mol. The number of urea groups is 1.